The largest absolute Gasteiger partial charge is 0.464 e. The molecular formula is C13H26O3. The third-order valence-electron chi connectivity index (χ3n) is 2.10. The molecule has 0 bridgehead atoms. The van der Waals surface area contributed by atoms with Crippen molar-refractivity contribution < 1.29 is 14.3 Å². The number of ether oxygens (including phenoxy) is 2. The van der Waals surface area contributed by atoms with Gasteiger partial charge in [0.15, 0.2) is 6.10 Å². The smallest absolute Gasteiger partial charge is 0.334 e. The van der Waals surface area contributed by atoms with E-state index in [9.17, 15) is 4.79 Å². The van der Waals surface area contributed by atoms with E-state index in [1.165, 1.54) is 12.8 Å². The molecule has 0 spiro atoms. The highest BCUT2D eigenvalue weighted by atomic mass is 16.6. The number of hydrogen-bond acceptors (Lipinski definition) is 3. The topological polar surface area (TPSA) is 35.5 Å². The van der Waals surface area contributed by atoms with E-state index in [0.29, 0.717) is 6.61 Å². The van der Waals surface area contributed by atoms with Gasteiger partial charge in [-0.3, -0.25) is 0 Å². The van der Waals surface area contributed by atoms with E-state index in [0.717, 1.165) is 12.8 Å². The van der Waals surface area contributed by atoms with E-state index in [-0.39, 0.29) is 11.6 Å². The Kier molecular flexibility index (Phi) is 7.39. The lowest BCUT2D eigenvalue weighted by molar-refractivity contribution is -0.164. The van der Waals surface area contributed by atoms with Crippen LogP contribution in [0, 0.1) is 0 Å². The highest BCUT2D eigenvalue weighted by molar-refractivity contribution is 5.74. The first-order valence-electron chi connectivity index (χ1n) is 6.21. The molecule has 0 aromatic rings. The SMILES string of the molecule is CCCCCCOC(=O)C(C)OC(C)(C)C. The van der Waals surface area contributed by atoms with E-state index >= 15 is 0 Å². The van der Waals surface area contributed by atoms with E-state index in [2.05, 4.69) is 6.92 Å². The Morgan fingerprint density at radius 1 is 1.19 bits per heavy atom. The highest BCUT2D eigenvalue weighted by Crippen LogP contribution is 2.11. The fourth-order valence-corrected chi connectivity index (χ4v) is 1.40. The molecule has 0 saturated heterocycles. The molecule has 16 heavy (non-hydrogen) atoms. The fraction of sp³-hybridized carbons (Fsp3) is 0.923. The third kappa shape index (κ3) is 8.72. The molecule has 0 aromatic carbocycles. The number of unbranched alkanes of at least 4 members (excludes halogenated alkanes) is 3. The van der Waals surface area contributed by atoms with Gasteiger partial charge in [0.1, 0.15) is 0 Å². The van der Waals surface area contributed by atoms with Crippen LogP contribution in [0.3, 0.4) is 0 Å². The highest BCUT2D eigenvalue weighted by Gasteiger charge is 2.21. The van der Waals surface area contributed by atoms with Gasteiger partial charge in [0.25, 0.3) is 0 Å². The summed E-state index contributed by atoms with van der Waals surface area (Å²) in [5.74, 6) is -0.258. The molecule has 0 aliphatic heterocycles. The minimum absolute atomic E-state index is 0.258. The van der Waals surface area contributed by atoms with Crippen molar-refractivity contribution in [2.45, 2.75) is 72.0 Å². The summed E-state index contributed by atoms with van der Waals surface area (Å²) in [6, 6.07) is 0. The number of carbonyl (C=O) groups excluding carboxylic acids is 1. The van der Waals surface area contributed by atoms with Gasteiger partial charge in [-0.25, -0.2) is 4.79 Å². The van der Waals surface area contributed by atoms with Gasteiger partial charge in [0.2, 0.25) is 0 Å². The number of rotatable bonds is 7. The van der Waals surface area contributed by atoms with Crippen LogP contribution in [0.4, 0.5) is 0 Å². The van der Waals surface area contributed by atoms with Crippen molar-refractivity contribution in [2.75, 3.05) is 6.61 Å². The summed E-state index contributed by atoms with van der Waals surface area (Å²) in [5.41, 5.74) is -0.305. The standard InChI is InChI=1S/C13H26O3/c1-6-7-8-9-10-15-12(14)11(2)16-13(3,4)5/h11H,6-10H2,1-5H3. The lowest BCUT2D eigenvalue weighted by atomic mass is 10.2. The summed E-state index contributed by atoms with van der Waals surface area (Å²) in [6.07, 6.45) is 3.98. The van der Waals surface area contributed by atoms with Crippen LogP contribution in [0.15, 0.2) is 0 Å². The number of hydrogen-bond donors (Lipinski definition) is 0. The van der Waals surface area contributed by atoms with Crippen molar-refractivity contribution in [2.24, 2.45) is 0 Å². The van der Waals surface area contributed by atoms with Crippen molar-refractivity contribution >= 4 is 5.97 Å². The van der Waals surface area contributed by atoms with Crippen LogP contribution in [-0.4, -0.2) is 24.3 Å². The molecule has 0 amide bonds. The predicted octanol–water partition coefficient (Wildman–Crippen LogP) is 3.31. The number of esters is 1. The van der Waals surface area contributed by atoms with Crippen LogP contribution < -0.4 is 0 Å². The fourth-order valence-electron chi connectivity index (χ4n) is 1.40. The van der Waals surface area contributed by atoms with Gasteiger partial charge < -0.3 is 9.47 Å². The molecule has 0 saturated carbocycles. The van der Waals surface area contributed by atoms with Gasteiger partial charge >= 0.3 is 5.97 Å². The summed E-state index contributed by atoms with van der Waals surface area (Å²) in [6.45, 7) is 10.2. The third-order valence-corrected chi connectivity index (χ3v) is 2.10. The summed E-state index contributed by atoms with van der Waals surface area (Å²) in [7, 11) is 0. The molecule has 3 nitrogen and oxygen atoms in total. The molecule has 3 heteroatoms. The van der Waals surface area contributed by atoms with Crippen LogP contribution in [0.1, 0.15) is 60.3 Å². The summed E-state index contributed by atoms with van der Waals surface area (Å²) in [4.78, 5) is 11.5. The second-order valence-corrected chi connectivity index (χ2v) is 5.10. The summed E-state index contributed by atoms with van der Waals surface area (Å²) in [5, 5.41) is 0. The van der Waals surface area contributed by atoms with Gasteiger partial charge in [-0.1, -0.05) is 26.2 Å². The zero-order valence-corrected chi connectivity index (χ0v) is 11.3. The van der Waals surface area contributed by atoms with Gasteiger partial charge in [-0.15, -0.1) is 0 Å². The van der Waals surface area contributed by atoms with Gasteiger partial charge in [0, 0.05) is 0 Å². The monoisotopic (exact) mass is 230 g/mol. The number of carbonyl (C=O) groups is 1. The molecular weight excluding hydrogens is 204 g/mol. The van der Waals surface area contributed by atoms with Crippen LogP contribution in [-0.2, 0) is 14.3 Å². The molecule has 0 heterocycles. The Bertz CT molecular complexity index is 194. The van der Waals surface area contributed by atoms with Crippen LogP contribution >= 0.6 is 0 Å². The van der Waals surface area contributed by atoms with Gasteiger partial charge in [-0.2, -0.15) is 0 Å². The maximum Gasteiger partial charge on any atom is 0.334 e. The van der Waals surface area contributed by atoms with E-state index in [1.54, 1.807) is 6.92 Å². The molecule has 96 valence electrons. The Hall–Kier alpha value is -0.570. The Labute approximate surface area is 99.5 Å². The van der Waals surface area contributed by atoms with E-state index in [4.69, 9.17) is 9.47 Å². The molecule has 0 fully saturated rings. The van der Waals surface area contributed by atoms with Crippen molar-refractivity contribution in [3.05, 3.63) is 0 Å². The molecule has 1 atom stereocenters. The first-order valence-corrected chi connectivity index (χ1v) is 6.21. The van der Waals surface area contributed by atoms with Crippen molar-refractivity contribution in [1.82, 2.24) is 0 Å². The average Bonchev–Trinajstić information content (AvgIpc) is 2.14. The molecule has 0 aliphatic carbocycles. The molecule has 0 aliphatic rings. The van der Waals surface area contributed by atoms with Crippen molar-refractivity contribution in [3.8, 4) is 0 Å². The lowest BCUT2D eigenvalue weighted by Gasteiger charge is -2.23. The normalized spacial score (nSPS) is 13.6. The Morgan fingerprint density at radius 3 is 2.31 bits per heavy atom. The minimum atomic E-state index is -0.480. The van der Waals surface area contributed by atoms with E-state index in [1.807, 2.05) is 20.8 Å². The Balaban J connectivity index is 3.64. The average molecular weight is 230 g/mol. The first kappa shape index (κ1) is 15.4. The van der Waals surface area contributed by atoms with Crippen LogP contribution in [0.5, 0.6) is 0 Å². The second-order valence-electron chi connectivity index (χ2n) is 5.10. The summed E-state index contributed by atoms with van der Waals surface area (Å²) >= 11 is 0. The van der Waals surface area contributed by atoms with Crippen LogP contribution in [0.2, 0.25) is 0 Å². The zero-order valence-electron chi connectivity index (χ0n) is 11.3. The van der Waals surface area contributed by atoms with Gasteiger partial charge in [0.05, 0.1) is 12.2 Å². The summed E-state index contributed by atoms with van der Waals surface area (Å²) < 4.78 is 10.6. The molecule has 0 aromatic heterocycles. The minimum Gasteiger partial charge on any atom is -0.464 e. The lowest BCUT2D eigenvalue weighted by Crippen LogP contribution is -2.32. The maximum absolute atomic E-state index is 11.5. The van der Waals surface area contributed by atoms with Crippen molar-refractivity contribution in [1.29, 1.82) is 0 Å². The Morgan fingerprint density at radius 2 is 1.81 bits per heavy atom. The molecule has 0 N–H and O–H groups in total. The molecule has 0 rings (SSSR count). The van der Waals surface area contributed by atoms with Crippen LogP contribution in [0.25, 0.3) is 0 Å². The van der Waals surface area contributed by atoms with Gasteiger partial charge in [-0.05, 0) is 34.1 Å². The molecule has 0 radical (unpaired) electrons. The predicted molar refractivity (Wildman–Crippen MR) is 65.4 cm³/mol. The maximum atomic E-state index is 11.5. The quantitative estimate of drug-likeness (QED) is 0.497. The zero-order chi connectivity index (χ0) is 12.6. The van der Waals surface area contributed by atoms with Crippen molar-refractivity contribution in [3.63, 3.8) is 0 Å². The second kappa shape index (κ2) is 7.66. The van der Waals surface area contributed by atoms with E-state index < -0.39 is 6.10 Å². The first-order chi connectivity index (χ1) is 7.37. The molecule has 1 unspecified atom stereocenters.